The maximum absolute atomic E-state index is 11.5. The fraction of sp³-hybridized carbons (Fsp3) is 0.600. The molecular formula is C10H16N2NaO9P. The van der Waals surface area contributed by atoms with Crippen LogP contribution in [0.3, 0.4) is 0 Å². The van der Waals surface area contributed by atoms with E-state index in [9.17, 15) is 19.3 Å². The fourth-order valence-electron chi connectivity index (χ4n) is 1.73. The maximum Gasteiger partial charge on any atom is 1.00 e. The van der Waals surface area contributed by atoms with Crippen LogP contribution in [-0.4, -0.2) is 56.1 Å². The molecule has 11 nitrogen and oxygen atoms in total. The summed E-state index contributed by atoms with van der Waals surface area (Å²) in [6.07, 6.45) is -3.42. The summed E-state index contributed by atoms with van der Waals surface area (Å²) in [5, 5.41) is 9.91. The SMILES string of the molecule is Cc1cn(OC2OC[C@H](OCP(=O)(O)O)[C@H]2O)c(=O)[nH]c1=O.[H-].[Na+]. The van der Waals surface area contributed by atoms with Gasteiger partial charge in [-0.15, -0.1) is 4.73 Å². The molecule has 1 aliphatic heterocycles. The van der Waals surface area contributed by atoms with Crippen molar-refractivity contribution in [2.45, 2.75) is 25.4 Å². The number of aromatic nitrogens is 2. The van der Waals surface area contributed by atoms with Gasteiger partial charge in [-0.05, 0) is 6.92 Å². The molecule has 0 aromatic carbocycles. The molecule has 1 saturated heterocycles. The van der Waals surface area contributed by atoms with Crippen LogP contribution in [0, 0.1) is 6.92 Å². The smallest absolute Gasteiger partial charge is 1.00 e. The van der Waals surface area contributed by atoms with Crippen molar-refractivity contribution in [3.05, 3.63) is 32.6 Å². The number of aliphatic hydroxyl groups is 1. The summed E-state index contributed by atoms with van der Waals surface area (Å²) in [5.74, 6) is 0. The van der Waals surface area contributed by atoms with Crippen LogP contribution in [-0.2, 0) is 14.0 Å². The van der Waals surface area contributed by atoms with Crippen molar-refractivity contribution >= 4 is 7.60 Å². The van der Waals surface area contributed by atoms with Gasteiger partial charge in [0, 0.05) is 5.56 Å². The van der Waals surface area contributed by atoms with Crippen LogP contribution in [0.15, 0.2) is 15.8 Å². The normalized spacial score (nSPS) is 24.3. The van der Waals surface area contributed by atoms with E-state index in [4.69, 9.17) is 24.1 Å². The number of aryl methyl sites for hydroxylation is 1. The molecule has 0 bridgehead atoms. The predicted octanol–water partition coefficient (Wildman–Crippen LogP) is -5.37. The van der Waals surface area contributed by atoms with Crippen molar-refractivity contribution < 1.29 is 64.8 Å². The van der Waals surface area contributed by atoms with E-state index in [1.807, 2.05) is 4.98 Å². The van der Waals surface area contributed by atoms with Crippen LogP contribution in [0.2, 0.25) is 0 Å². The number of hydrogen-bond donors (Lipinski definition) is 4. The number of rotatable bonds is 5. The molecule has 1 unspecified atom stereocenters. The number of nitrogens with one attached hydrogen (secondary N) is 1. The molecule has 0 aliphatic carbocycles. The standard InChI is InChI=1S/C10H15N2O9P.Na.H/c1-5-2-12(10(15)11-8(5)14)21-9-7(13)6(3-19-9)20-4-22(16,17)18;;/h2,6-7,9,13H,3-4H2,1H3,(H,11,14,15)(H2,16,17,18);;/q;+1;-1/t6-,7+,9?;;/m0../s1. The summed E-state index contributed by atoms with van der Waals surface area (Å²) >= 11 is 0. The molecule has 1 fully saturated rings. The third-order valence-electron chi connectivity index (χ3n) is 2.85. The van der Waals surface area contributed by atoms with Crippen LogP contribution in [0.25, 0.3) is 0 Å². The maximum atomic E-state index is 11.5. The first kappa shape index (κ1) is 20.6. The zero-order chi connectivity index (χ0) is 16.5. The van der Waals surface area contributed by atoms with Crippen molar-refractivity contribution in [2.75, 3.05) is 13.0 Å². The Morgan fingerprint density at radius 2 is 2.17 bits per heavy atom. The van der Waals surface area contributed by atoms with Crippen LogP contribution in [0.5, 0.6) is 0 Å². The van der Waals surface area contributed by atoms with E-state index in [-0.39, 0.29) is 43.2 Å². The molecule has 1 aliphatic rings. The largest absolute Gasteiger partial charge is 1.00 e. The van der Waals surface area contributed by atoms with E-state index in [1.165, 1.54) is 6.92 Å². The Hall–Kier alpha value is -0.490. The van der Waals surface area contributed by atoms with Crippen molar-refractivity contribution in [1.82, 2.24) is 9.71 Å². The van der Waals surface area contributed by atoms with Crippen LogP contribution < -0.4 is 45.6 Å². The van der Waals surface area contributed by atoms with E-state index < -0.39 is 43.7 Å². The summed E-state index contributed by atoms with van der Waals surface area (Å²) in [5.41, 5.74) is -1.21. The van der Waals surface area contributed by atoms with Crippen molar-refractivity contribution in [2.24, 2.45) is 0 Å². The molecule has 23 heavy (non-hydrogen) atoms. The first-order valence-corrected chi connectivity index (χ1v) is 7.93. The minimum absolute atomic E-state index is 0. The van der Waals surface area contributed by atoms with Crippen LogP contribution in [0.4, 0.5) is 0 Å². The van der Waals surface area contributed by atoms with Crippen molar-refractivity contribution in [3.63, 3.8) is 0 Å². The van der Waals surface area contributed by atoms with Gasteiger partial charge < -0.3 is 30.6 Å². The Kier molecular flexibility index (Phi) is 7.20. The zero-order valence-corrected chi connectivity index (χ0v) is 15.3. The van der Waals surface area contributed by atoms with Gasteiger partial charge in [-0.3, -0.25) is 14.3 Å². The van der Waals surface area contributed by atoms with Gasteiger partial charge in [0.15, 0.2) is 0 Å². The van der Waals surface area contributed by atoms with Gasteiger partial charge >= 0.3 is 42.8 Å². The average Bonchev–Trinajstić information content (AvgIpc) is 2.74. The molecule has 4 N–H and O–H groups in total. The van der Waals surface area contributed by atoms with Gasteiger partial charge in [0.1, 0.15) is 18.6 Å². The first-order chi connectivity index (χ1) is 10.2. The number of nitrogens with zero attached hydrogens (tertiary/aromatic N) is 1. The summed E-state index contributed by atoms with van der Waals surface area (Å²) < 4.78 is 21.3. The zero-order valence-electron chi connectivity index (χ0n) is 13.4. The average molecular weight is 362 g/mol. The van der Waals surface area contributed by atoms with Crippen LogP contribution >= 0.6 is 7.60 Å². The molecule has 3 atom stereocenters. The second-order valence-corrected chi connectivity index (χ2v) is 6.28. The number of aromatic amines is 1. The topological polar surface area (TPSA) is 160 Å². The van der Waals surface area contributed by atoms with Gasteiger partial charge in [-0.25, -0.2) is 4.79 Å². The van der Waals surface area contributed by atoms with E-state index in [0.717, 1.165) is 6.20 Å². The minimum atomic E-state index is -4.38. The van der Waals surface area contributed by atoms with Gasteiger partial charge in [-0.2, -0.15) is 0 Å². The Balaban J connectivity index is 0.00000264. The molecule has 1 aromatic heterocycles. The van der Waals surface area contributed by atoms with E-state index in [2.05, 4.69) is 0 Å². The van der Waals surface area contributed by atoms with Gasteiger partial charge in [0.2, 0.25) is 0 Å². The van der Waals surface area contributed by atoms with E-state index >= 15 is 0 Å². The molecule has 126 valence electrons. The fourth-order valence-corrected chi connectivity index (χ4v) is 2.11. The molecule has 0 spiro atoms. The Bertz CT molecular complexity index is 704. The summed E-state index contributed by atoms with van der Waals surface area (Å²) in [6, 6.07) is 0. The molecule has 2 rings (SSSR count). The van der Waals surface area contributed by atoms with E-state index in [0.29, 0.717) is 4.73 Å². The molecule has 0 saturated carbocycles. The molecule has 1 aromatic rings. The van der Waals surface area contributed by atoms with Gasteiger partial charge in [0.05, 0.1) is 12.8 Å². The third-order valence-corrected chi connectivity index (χ3v) is 3.33. The van der Waals surface area contributed by atoms with Crippen LogP contribution in [0.1, 0.15) is 6.99 Å². The second kappa shape index (κ2) is 8.06. The number of hydrogen-bond acceptors (Lipinski definition) is 7. The minimum Gasteiger partial charge on any atom is -1.00 e. The summed E-state index contributed by atoms with van der Waals surface area (Å²) in [6.45, 7) is 1.28. The predicted molar refractivity (Wildman–Crippen MR) is 71.3 cm³/mol. The molecule has 13 heteroatoms. The molecule has 0 amide bonds. The molecule has 0 radical (unpaired) electrons. The Morgan fingerprint density at radius 3 is 2.78 bits per heavy atom. The molecule has 2 heterocycles. The second-order valence-electron chi connectivity index (χ2n) is 4.69. The quantitative estimate of drug-likeness (QED) is 0.296. The number of H-pyrrole nitrogens is 1. The van der Waals surface area contributed by atoms with Crippen molar-refractivity contribution in [3.8, 4) is 0 Å². The summed E-state index contributed by atoms with van der Waals surface area (Å²) in [7, 11) is -4.38. The van der Waals surface area contributed by atoms with Gasteiger partial charge in [0.25, 0.3) is 11.8 Å². The van der Waals surface area contributed by atoms with Gasteiger partial charge in [-0.1, -0.05) is 0 Å². The monoisotopic (exact) mass is 362 g/mol. The van der Waals surface area contributed by atoms with E-state index in [1.54, 1.807) is 0 Å². The molecular weight excluding hydrogens is 346 g/mol. The number of ether oxygens (including phenoxy) is 2. The Morgan fingerprint density at radius 1 is 1.52 bits per heavy atom. The Labute approximate surface area is 153 Å². The summed E-state index contributed by atoms with van der Waals surface area (Å²) in [4.78, 5) is 47.3. The number of aliphatic hydroxyl groups excluding tert-OH is 1. The van der Waals surface area contributed by atoms with Crippen molar-refractivity contribution in [1.29, 1.82) is 0 Å². The third kappa shape index (κ3) is 5.52. The first-order valence-electron chi connectivity index (χ1n) is 6.13.